The van der Waals surface area contributed by atoms with Crippen LogP contribution in [0, 0.1) is 5.82 Å². The summed E-state index contributed by atoms with van der Waals surface area (Å²) in [7, 11) is 3.02. The van der Waals surface area contributed by atoms with Gasteiger partial charge in [0.1, 0.15) is 11.6 Å². The van der Waals surface area contributed by atoms with Gasteiger partial charge in [-0.3, -0.25) is 0 Å². The van der Waals surface area contributed by atoms with Gasteiger partial charge in [0, 0.05) is 11.4 Å². The number of nitrogens with zero attached hydrogens (tertiary/aromatic N) is 3. The highest BCUT2D eigenvalue weighted by molar-refractivity contribution is 5.99. The smallest absolute Gasteiger partial charge is 0.336 e. The van der Waals surface area contributed by atoms with Crippen molar-refractivity contribution < 1.29 is 18.7 Å². The number of nitrogens with one attached hydrogen (secondary N) is 2. The molecule has 0 unspecified atom stereocenters. The van der Waals surface area contributed by atoms with E-state index in [0.717, 1.165) is 0 Å². The van der Waals surface area contributed by atoms with Gasteiger partial charge in [0.2, 0.25) is 0 Å². The van der Waals surface area contributed by atoms with Crippen LogP contribution in [-0.4, -0.2) is 35.0 Å². The predicted octanol–water partition coefficient (Wildman–Crippen LogP) is 4.73. The van der Waals surface area contributed by atoms with E-state index < -0.39 is 11.8 Å². The molecule has 0 spiro atoms. The van der Waals surface area contributed by atoms with Gasteiger partial charge in [0.25, 0.3) is 0 Å². The Bertz CT molecular complexity index is 1220. The van der Waals surface area contributed by atoms with Crippen molar-refractivity contribution in [1.82, 2.24) is 14.8 Å². The standard InChI is InChI=1S/C23H20FN5O3/c1-31-18-13-9-16(10-14-18)26-22(30)25-15-7-11-17(12-8-15)29-21(27-23(28-29)32-2)19-5-3-4-6-20(19)24/h3-14H,1-2H3,(H2,25,26,30). The molecule has 0 saturated carbocycles. The average molecular weight is 433 g/mol. The second-order valence-corrected chi connectivity index (χ2v) is 6.67. The lowest BCUT2D eigenvalue weighted by Gasteiger charge is -2.10. The Morgan fingerprint density at radius 1 is 0.875 bits per heavy atom. The maximum atomic E-state index is 14.3. The second kappa shape index (κ2) is 9.17. The minimum atomic E-state index is -0.419. The van der Waals surface area contributed by atoms with E-state index >= 15 is 0 Å². The summed E-state index contributed by atoms with van der Waals surface area (Å²) in [6.07, 6.45) is 0. The summed E-state index contributed by atoms with van der Waals surface area (Å²) < 4.78 is 26.0. The molecule has 0 aliphatic heterocycles. The SMILES string of the molecule is COc1ccc(NC(=O)Nc2ccc(-n3nc(OC)nc3-c3ccccc3F)cc2)cc1. The van der Waals surface area contributed by atoms with Crippen molar-refractivity contribution in [2.24, 2.45) is 0 Å². The molecule has 0 saturated heterocycles. The first kappa shape index (κ1) is 20.9. The minimum Gasteiger partial charge on any atom is -0.497 e. The number of rotatable bonds is 6. The summed E-state index contributed by atoms with van der Waals surface area (Å²) in [4.78, 5) is 16.5. The highest BCUT2D eigenvalue weighted by atomic mass is 19.1. The number of carbonyl (C=O) groups excluding carboxylic acids is 1. The quantitative estimate of drug-likeness (QED) is 0.459. The number of hydrogen-bond donors (Lipinski definition) is 2. The van der Waals surface area contributed by atoms with Crippen LogP contribution in [0.4, 0.5) is 20.6 Å². The monoisotopic (exact) mass is 433 g/mol. The van der Waals surface area contributed by atoms with E-state index in [1.165, 1.54) is 17.9 Å². The Hall–Kier alpha value is -4.40. The molecule has 4 aromatic rings. The fourth-order valence-electron chi connectivity index (χ4n) is 3.03. The highest BCUT2D eigenvalue weighted by Crippen LogP contribution is 2.26. The third kappa shape index (κ3) is 4.51. The van der Waals surface area contributed by atoms with Crippen LogP contribution < -0.4 is 20.1 Å². The van der Waals surface area contributed by atoms with Crippen LogP contribution in [-0.2, 0) is 0 Å². The Labute approximate surface area is 183 Å². The molecule has 8 nitrogen and oxygen atoms in total. The Kier molecular flexibility index (Phi) is 5.98. The van der Waals surface area contributed by atoms with Crippen molar-refractivity contribution in [2.45, 2.75) is 0 Å². The number of ether oxygens (including phenoxy) is 2. The summed E-state index contributed by atoms with van der Waals surface area (Å²) in [5.74, 6) is 0.584. The Balaban J connectivity index is 1.52. The van der Waals surface area contributed by atoms with Gasteiger partial charge in [-0.2, -0.15) is 4.98 Å². The maximum absolute atomic E-state index is 14.3. The van der Waals surface area contributed by atoms with Crippen LogP contribution >= 0.6 is 0 Å². The van der Waals surface area contributed by atoms with E-state index in [9.17, 15) is 9.18 Å². The molecule has 0 fully saturated rings. The number of amides is 2. The topological polar surface area (TPSA) is 90.3 Å². The zero-order valence-electron chi connectivity index (χ0n) is 17.4. The molecule has 1 aromatic heterocycles. The number of urea groups is 1. The summed E-state index contributed by atoms with van der Waals surface area (Å²) in [6.45, 7) is 0. The normalized spacial score (nSPS) is 10.5. The number of hydrogen-bond acceptors (Lipinski definition) is 5. The van der Waals surface area contributed by atoms with Gasteiger partial charge in [-0.05, 0) is 60.7 Å². The molecule has 32 heavy (non-hydrogen) atoms. The van der Waals surface area contributed by atoms with Crippen LogP contribution in [0.15, 0.2) is 72.8 Å². The lowest BCUT2D eigenvalue weighted by Crippen LogP contribution is -2.19. The van der Waals surface area contributed by atoms with Crippen LogP contribution in [0.3, 0.4) is 0 Å². The van der Waals surface area contributed by atoms with Crippen LogP contribution in [0.2, 0.25) is 0 Å². The summed E-state index contributed by atoms with van der Waals surface area (Å²) in [5, 5.41) is 9.79. The summed E-state index contributed by atoms with van der Waals surface area (Å²) in [5.41, 5.74) is 2.12. The molecular formula is C23H20FN5O3. The largest absolute Gasteiger partial charge is 0.497 e. The van der Waals surface area contributed by atoms with Gasteiger partial charge in [-0.1, -0.05) is 12.1 Å². The van der Waals surface area contributed by atoms with Gasteiger partial charge in [-0.15, -0.1) is 5.10 Å². The van der Waals surface area contributed by atoms with Crippen molar-refractivity contribution in [2.75, 3.05) is 24.9 Å². The number of benzene rings is 3. The molecule has 162 valence electrons. The van der Waals surface area contributed by atoms with Crippen molar-refractivity contribution in [3.05, 3.63) is 78.6 Å². The zero-order chi connectivity index (χ0) is 22.5. The maximum Gasteiger partial charge on any atom is 0.336 e. The fourth-order valence-corrected chi connectivity index (χ4v) is 3.03. The predicted molar refractivity (Wildman–Crippen MR) is 119 cm³/mol. The first-order valence-electron chi connectivity index (χ1n) is 9.66. The first-order valence-corrected chi connectivity index (χ1v) is 9.66. The number of aromatic nitrogens is 3. The van der Waals surface area contributed by atoms with E-state index in [1.54, 1.807) is 73.8 Å². The molecule has 0 aliphatic carbocycles. The lowest BCUT2D eigenvalue weighted by molar-refractivity contribution is 0.262. The summed E-state index contributed by atoms with van der Waals surface area (Å²) in [6, 6.07) is 19.9. The molecule has 2 amide bonds. The number of methoxy groups -OCH3 is 2. The molecule has 0 bridgehead atoms. The Morgan fingerprint density at radius 3 is 2.09 bits per heavy atom. The van der Waals surface area contributed by atoms with E-state index in [0.29, 0.717) is 34.2 Å². The van der Waals surface area contributed by atoms with E-state index in [1.807, 2.05) is 0 Å². The number of carbonyl (C=O) groups is 1. The Morgan fingerprint density at radius 2 is 1.50 bits per heavy atom. The van der Waals surface area contributed by atoms with E-state index in [4.69, 9.17) is 9.47 Å². The van der Waals surface area contributed by atoms with Crippen LogP contribution in [0.25, 0.3) is 17.1 Å². The third-order valence-corrected chi connectivity index (χ3v) is 4.60. The zero-order valence-corrected chi connectivity index (χ0v) is 17.4. The summed E-state index contributed by atoms with van der Waals surface area (Å²) >= 11 is 0. The number of anilines is 2. The van der Waals surface area contributed by atoms with E-state index in [2.05, 4.69) is 20.7 Å². The molecule has 0 atom stereocenters. The third-order valence-electron chi connectivity index (χ3n) is 4.60. The van der Waals surface area contributed by atoms with Crippen molar-refractivity contribution >= 4 is 17.4 Å². The molecule has 0 radical (unpaired) electrons. The van der Waals surface area contributed by atoms with Crippen molar-refractivity contribution in [3.8, 4) is 28.8 Å². The fraction of sp³-hybridized carbons (Fsp3) is 0.0870. The first-order chi connectivity index (χ1) is 15.6. The lowest BCUT2D eigenvalue weighted by atomic mass is 10.2. The van der Waals surface area contributed by atoms with Gasteiger partial charge >= 0.3 is 12.0 Å². The number of halogens is 1. The average Bonchev–Trinajstić information content (AvgIpc) is 3.24. The van der Waals surface area contributed by atoms with Gasteiger partial charge < -0.3 is 20.1 Å². The molecule has 1 heterocycles. The second-order valence-electron chi connectivity index (χ2n) is 6.67. The van der Waals surface area contributed by atoms with Crippen LogP contribution in [0.1, 0.15) is 0 Å². The molecule has 3 aromatic carbocycles. The van der Waals surface area contributed by atoms with Crippen molar-refractivity contribution in [3.63, 3.8) is 0 Å². The van der Waals surface area contributed by atoms with Gasteiger partial charge in [0.05, 0.1) is 25.5 Å². The van der Waals surface area contributed by atoms with E-state index in [-0.39, 0.29) is 6.01 Å². The molecule has 9 heteroatoms. The van der Waals surface area contributed by atoms with Crippen molar-refractivity contribution in [1.29, 1.82) is 0 Å². The molecule has 0 aliphatic rings. The molecular weight excluding hydrogens is 413 g/mol. The van der Waals surface area contributed by atoms with Gasteiger partial charge in [-0.25, -0.2) is 13.9 Å². The molecule has 2 N–H and O–H groups in total. The van der Waals surface area contributed by atoms with Gasteiger partial charge in [0.15, 0.2) is 5.82 Å². The minimum absolute atomic E-state index is 0.115. The highest BCUT2D eigenvalue weighted by Gasteiger charge is 2.17. The molecule has 4 rings (SSSR count). The van der Waals surface area contributed by atoms with Crippen LogP contribution in [0.5, 0.6) is 11.8 Å².